The summed E-state index contributed by atoms with van der Waals surface area (Å²) in [5.41, 5.74) is 2.02. The van der Waals surface area contributed by atoms with E-state index in [0.717, 1.165) is 0 Å². The second-order valence-corrected chi connectivity index (χ2v) is 7.02. The van der Waals surface area contributed by atoms with Crippen molar-refractivity contribution in [1.29, 1.82) is 0 Å². The van der Waals surface area contributed by atoms with Crippen LogP contribution in [0.2, 0.25) is 0 Å². The molecule has 0 saturated heterocycles. The maximum Gasteiger partial charge on any atom is -0.0279 e. The average molecular weight is 260 g/mol. The second-order valence-electron chi connectivity index (χ2n) is 7.02. The molecule has 19 heavy (non-hydrogen) atoms. The molecule has 0 amide bonds. The molecular formula is C19H32. The van der Waals surface area contributed by atoms with Crippen LogP contribution in [0.25, 0.3) is 0 Å². The van der Waals surface area contributed by atoms with Gasteiger partial charge in [-0.1, -0.05) is 89.6 Å². The monoisotopic (exact) mass is 260 g/mol. The van der Waals surface area contributed by atoms with E-state index in [1.54, 1.807) is 0 Å². The Balaban J connectivity index is 1.87. The van der Waals surface area contributed by atoms with E-state index in [9.17, 15) is 0 Å². The molecule has 1 rings (SSSR count). The first-order valence-electron chi connectivity index (χ1n) is 8.12. The zero-order chi connectivity index (χ0) is 14.0. The van der Waals surface area contributed by atoms with E-state index in [1.165, 1.54) is 63.4 Å². The molecule has 0 aliphatic rings. The van der Waals surface area contributed by atoms with Crippen molar-refractivity contribution in [1.82, 2.24) is 0 Å². The topological polar surface area (TPSA) is 0 Å². The third-order valence-electron chi connectivity index (χ3n) is 3.74. The van der Waals surface area contributed by atoms with E-state index in [1.807, 2.05) is 0 Å². The molecule has 0 heterocycles. The van der Waals surface area contributed by atoms with Gasteiger partial charge in [-0.05, 0) is 30.2 Å². The molecule has 0 saturated carbocycles. The summed E-state index contributed by atoms with van der Waals surface area (Å²) in [5.74, 6) is 0. The molecule has 0 heteroatoms. The summed E-state index contributed by atoms with van der Waals surface area (Å²) < 4.78 is 0. The predicted octanol–water partition coefficient (Wildman–Crippen LogP) is 6.40. The Labute approximate surface area is 120 Å². The van der Waals surface area contributed by atoms with Crippen molar-refractivity contribution in [2.75, 3.05) is 0 Å². The molecule has 0 aliphatic carbocycles. The molecule has 0 aromatic heterocycles. The lowest BCUT2D eigenvalue weighted by atomic mass is 9.89. The number of aryl methyl sites for hydroxylation is 1. The smallest absolute Gasteiger partial charge is 0.0279 e. The zero-order valence-corrected chi connectivity index (χ0v) is 13.3. The first-order valence-corrected chi connectivity index (χ1v) is 8.12. The van der Waals surface area contributed by atoms with Crippen molar-refractivity contribution < 1.29 is 0 Å². The van der Waals surface area contributed by atoms with Gasteiger partial charge in [0.2, 0.25) is 0 Å². The maximum absolute atomic E-state index is 2.34. The van der Waals surface area contributed by atoms with Crippen molar-refractivity contribution in [2.24, 2.45) is 5.41 Å². The van der Waals surface area contributed by atoms with Crippen LogP contribution in [0.4, 0.5) is 0 Å². The fourth-order valence-corrected chi connectivity index (χ4v) is 2.51. The number of rotatable bonds is 9. The Morgan fingerprint density at radius 2 is 1.21 bits per heavy atom. The molecular weight excluding hydrogens is 228 g/mol. The molecule has 108 valence electrons. The fourth-order valence-electron chi connectivity index (χ4n) is 2.51. The van der Waals surface area contributed by atoms with Crippen molar-refractivity contribution in [2.45, 2.75) is 78.6 Å². The van der Waals surface area contributed by atoms with E-state index in [-0.39, 0.29) is 0 Å². The van der Waals surface area contributed by atoms with E-state index in [4.69, 9.17) is 0 Å². The van der Waals surface area contributed by atoms with Crippen LogP contribution in [-0.4, -0.2) is 0 Å². The summed E-state index contributed by atoms with van der Waals surface area (Å²) >= 11 is 0. The Kier molecular flexibility index (Phi) is 7.86. The van der Waals surface area contributed by atoms with Gasteiger partial charge in [0.05, 0.1) is 0 Å². The van der Waals surface area contributed by atoms with Gasteiger partial charge in [-0.25, -0.2) is 0 Å². The van der Waals surface area contributed by atoms with Gasteiger partial charge in [-0.3, -0.25) is 0 Å². The molecule has 0 fully saturated rings. The third-order valence-corrected chi connectivity index (χ3v) is 3.74. The minimum Gasteiger partial charge on any atom is -0.0622 e. The molecule has 0 N–H and O–H groups in total. The Hall–Kier alpha value is -0.780. The summed E-state index contributed by atoms with van der Waals surface area (Å²) in [6.45, 7) is 7.03. The van der Waals surface area contributed by atoms with Crippen molar-refractivity contribution in [3.8, 4) is 0 Å². The molecule has 0 bridgehead atoms. The molecule has 0 atom stereocenters. The SMILES string of the molecule is CC(C)(C)CCCCCCCCCc1ccccc1. The van der Waals surface area contributed by atoms with Crippen LogP contribution in [0.3, 0.4) is 0 Å². The number of unbranched alkanes of at least 4 members (excludes halogenated alkanes) is 6. The van der Waals surface area contributed by atoms with E-state index in [2.05, 4.69) is 51.1 Å². The summed E-state index contributed by atoms with van der Waals surface area (Å²) in [6, 6.07) is 10.9. The maximum atomic E-state index is 2.34. The minimum absolute atomic E-state index is 0.523. The summed E-state index contributed by atoms with van der Waals surface area (Å²) in [7, 11) is 0. The van der Waals surface area contributed by atoms with Crippen LogP contribution in [0.5, 0.6) is 0 Å². The van der Waals surface area contributed by atoms with Gasteiger partial charge in [0.25, 0.3) is 0 Å². The number of hydrogen-bond donors (Lipinski definition) is 0. The zero-order valence-electron chi connectivity index (χ0n) is 13.3. The lowest BCUT2D eigenvalue weighted by Gasteiger charge is -2.17. The Morgan fingerprint density at radius 1 is 0.684 bits per heavy atom. The van der Waals surface area contributed by atoms with Gasteiger partial charge >= 0.3 is 0 Å². The van der Waals surface area contributed by atoms with Crippen molar-refractivity contribution in [3.63, 3.8) is 0 Å². The predicted molar refractivity (Wildman–Crippen MR) is 86.5 cm³/mol. The number of benzene rings is 1. The molecule has 0 spiro atoms. The number of hydrogen-bond acceptors (Lipinski definition) is 0. The molecule has 1 aromatic carbocycles. The Bertz CT molecular complexity index is 305. The average Bonchev–Trinajstić information content (AvgIpc) is 2.37. The lowest BCUT2D eigenvalue weighted by molar-refractivity contribution is 0.356. The van der Waals surface area contributed by atoms with E-state index in [0.29, 0.717) is 5.41 Å². The standard InChI is InChI=1S/C19H32/c1-19(2,3)17-13-8-6-4-5-7-10-14-18-15-11-9-12-16-18/h9,11-12,15-16H,4-8,10,13-14,17H2,1-3H3. The van der Waals surface area contributed by atoms with Gasteiger partial charge in [0.15, 0.2) is 0 Å². The van der Waals surface area contributed by atoms with Crippen LogP contribution < -0.4 is 0 Å². The van der Waals surface area contributed by atoms with Crippen LogP contribution >= 0.6 is 0 Å². The first kappa shape index (κ1) is 16.3. The van der Waals surface area contributed by atoms with Gasteiger partial charge in [-0.2, -0.15) is 0 Å². The van der Waals surface area contributed by atoms with Gasteiger partial charge in [0, 0.05) is 0 Å². The molecule has 1 aromatic rings. The normalized spacial score (nSPS) is 11.7. The van der Waals surface area contributed by atoms with Crippen LogP contribution in [0.1, 0.15) is 77.7 Å². The third kappa shape index (κ3) is 9.76. The second kappa shape index (κ2) is 9.18. The molecule has 0 aliphatic heterocycles. The van der Waals surface area contributed by atoms with Crippen molar-refractivity contribution in [3.05, 3.63) is 35.9 Å². The van der Waals surface area contributed by atoms with E-state index >= 15 is 0 Å². The quantitative estimate of drug-likeness (QED) is 0.451. The molecule has 0 nitrogen and oxygen atoms in total. The highest BCUT2D eigenvalue weighted by Crippen LogP contribution is 2.22. The highest BCUT2D eigenvalue weighted by molar-refractivity contribution is 5.14. The van der Waals surface area contributed by atoms with Crippen LogP contribution in [0, 0.1) is 5.41 Å². The Morgan fingerprint density at radius 3 is 1.79 bits per heavy atom. The highest BCUT2D eigenvalue weighted by atomic mass is 14.1. The van der Waals surface area contributed by atoms with Gasteiger partial charge < -0.3 is 0 Å². The lowest BCUT2D eigenvalue weighted by Crippen LogP contribution is -2.03. The van der Waals surface area contributed by atoms with Crippen molar-refractivity contribution >= 4 is 0 Å². The van der Waals surface area contributed by atoms with Crippen LogP contribution in [0.15, 0.2) is 30.3 Å². The van der Waals surface area contributed by atoms with E-state index < -0.39 is 0 Å². The summed E-state index contributed by atoms with van der Waals surface area (Å²) in [4.78, 5) is 0. The molecule has 0 radical (unpaired) electrons. The largest absolute Gasteiger partial charge is 0.0622 e. The first-order chi connectivity index (χ1) is 9.08. The minimum atomic E-state index is 0.523. The highest BCUT2D eigenvalue weighted by Gasteiger charge is 2.08. The summed E-state index contributed by atoms with van der Waals surface area (Å²) in [6.07, 6.45) is 12.5. The fraction of sp³-hybridized carbons (Fsp3) is 0.684. The molecule has 0 unspecified atom stereocenters. The summed E-state index contributed by atoms with van der Waals surface area (Å²) in [5, 5.41) is 0. The van der Waals surface area contributed by atoms with Gasteiger partial charge in [-0.15, -0.1) is 0 Å². The van der Waals surface area contributed by atoms with Crippen LogP contribution in [-0.2, 0) is 6.42 Å². The van der Waals surface area contributed by atoms with Gasteiger partial charge in [0.1, 0.15) is 0 Å².